The minimum absolute atomic E-state index is 0.0397. The molecule has 210 valence electrons. The zero-order valence-corrected chi connectivity index (χ0v) is 22.6. The lowest BCUT2D eigenvalue weighted by Crippen LogP contribution is -2.37. The largest absolute Gasteiger partial charge is 0.502 e. The van der Waals surface area contributed by atoms with E-state index in [1.165, 1.54) is 26.0 Å². The molecular formula is C31H28N2O8. The van der Waals surface area contributed by atoms with Crippen LogP contribution < -0.4 is 15.6 Å². The number of carbonyl (C=O) groups excluding carboxylic acids is 1. The number of aromatic hydroxyl groups is 1. The second-order valence-electron chi connectivity index (χ2n) is 10.1. The Morgan fingerprint density at radius 1 is 1.12 bits per heavy atom. The molecule has 3 aromatic heterocycles. The van der Waals surface area contributed by atoms with E-state index in [2.05, 4.69) is 11.1 Å². The monoisotopic (exact) mass is 556 g/mol. The maximum atomic E-state index is 13.8. The number of hydrogen-bond acceptors (Lipinski definition) is 8. The zero-order chi connectivity index (χ0) is 28.7. The molecule has 4 heterocycles. The van der Waals surface area contributed by atoms with Gasteiger partial charge in [0, 0.05) is 48.3 Å². The molecule has 0 saturated heterocycles. The maximum Gasteiger partial charge on any atom is 0.227 e. The van der Waals surface area contributed by atoms with Gasteiger partial charge < -0.3 is 33.3 Å². The zero-order valence-electron chi connectivity index (χ0n) is 22.6. The van der Waals surface area contributed by atoms with Gasteiger partial charge >= 0.3 is 0 Å². The summed E-state index contributed by atoms with van der Waals surface area (Å²) >= 11 is 0. The second-order valence-corrected chi connectivity index (χ2v) is 10.1. The van der Waals surface area contributed by atoms with Gasteiger partial charge in [-0.25, -0.2) is 0 Å². The summed E-state index contributed by atoms with van der Waals surface area (Å²) in [5.41, 5.74) is 2.40. The second kappa shape index (κ2) is 10.6. The molecule has 2 N–H and O–H groups in total. The summed E-state index contributed by atoms with van der Waals surface area (Å²) in [4.78, 5) is 45.4. The topological polar surface area (TPSA) is 135 Å². The van der Waals surface area contributed by atoms with Crippen molar-refractivity contribution < 1.29 is 28.2 Å². The molecular weight excluding hydrogens is 528 g/mol. The summed E-state index contributed by atoms with van der Waals surface area (Å²) in [6.45, 7) is 0.796. The minimum atomic E-state index is -1.11. The van der Waals surface area contributed by atoms with E-state index in [9.17, 15) is 19.5 Å². The number of aromatic amines is 1. The highest BCUT2D eigenvalue weighted by atomic mass is 16.5. The van der Waals surface area contributed by atoms with E-state index in [0.29, 0.717) is 30.8 Å². The molecule has 0 saturated carbocycles. The number of benzene rings is 2. The molecule has 10 heteroatoms. The Bertz CT molecular complexity index is 1900. The summed E-state index contributed by atoms with van der Waals surface area (Å²) in [7, 11) is 2.92. The molecule has 41 heavy (non-hydrogen) atoms. The van der Waals surface area contributed by atoms with Crippen molar-refractivity contribution in [3.8, 4) is 11.5 Å². The Labute approximate surface area is 233 Å². The first-order valence-corrected chi connectivity index (χ1v) is 13.2. The predicted octanol–water partition coefficient (Wildman–Crippen LogP) is 4.20. The minimum Gasteiger partial charge on any atom is -0.502 e. The van der Waals surface area contributed by atoms with Crippen molar-refractivity contribution >= 4 is 27.8 Å². The first-order valence-electron chi connectivity index (χ1n) is 13.2. The number of fused-ring (bicyclic) bond motifs is 4. The number of nitrogens with zero attached hydrogens (tertiary/aromatic N) is 1. The number of rotatable bonds is 7. The number of carbonyl (C=O) groups is 1. The molecule has 5 aromatic rings. The third-order valence-electron chi connectivity index (χ3n) is 7.60. The number of para-hydroxylation sites is 1. The SMILES string of the molecule is COCc1cc(=O)c(O)c([C@H](CC(=O)N2CCc3c([nH]c4ccccc34)C2)c2coc3ccc(OC)cc3c2=O)o1. The molecule has 6 rings (SSSR count). The van der Waals surface area contributed by atoms with E-state index < -0.39 is 22.5 Å². The number of hydrogen-bond donors (Lipinski definition) is 2. The molecule has 0 aliphatic carbocycles. The van der Waals surface area contributed by atoms with Gasteiger partial charge in [0.1, 0.15) is 23.7 Å². The summed E-state index contributed by atoms with van der Waals surface area (Å²) in [5, 5.41) is 12.2. The van der Waals surface area contributed by atoms with Gasteiger partial charge in [-0.3, -0.25) is 14.4 Å². The fourth-order valence-corrected chi connectivity index (χ4v) is 5.55. The quantitative estimate of drug-likeness (QED) is 0.305. The van der Waals surface area contributed by atoms with Gasteiger partial charge in [-0.2, -0.15) is 0 Å². The van der Waals surface area contributed by atoms with Crippen LogP contribution in [-0.4, -0.2) is 41.7 Å². The molecule has 0 spiro atoms. The Balaban J connectivity index is 1.42. The average Bonchev–Trinajstić information content (AvgIpc) is 3.36. The number of aromatic nitrogens is 1. The van der Waals surface area contributed by atoms with Crippen molar-refractivity contribution in [1.82, 2.24) is 9.88 Å². The van der Waals surface area contributed by atoms with E-state index in [1.807, 2.05) is 18.2 Å². The number of amides is 1. The van der Waals surface area contributed by atoms with Crippen molar-refractivity contribution in [2.75, 3.05) is 20.8 Å². The molecule has 1 aliphatic rings. The molecule has 10 nitrogen and oxygen atoms in total. The van der Waals surface area contributed by atoms with Crippen LogP contribution in [0.1, 0.15) is 40.7 Å². The van der Waals surface area contributed by atoms with Crippen LogP contribution in [0.4, 0.5) is 0 Å². The van der Waals surface area contributed by atoms with Crippen LogP contribution in [0.5, 0.6) is 11.5 Å². The summed E-state index contributed by atoms with van der Waals surface area (Å²) in [5.74, 6) is -1.66. The van der Waals surface area contributed by atoms with E-state index >= 15 is 0 Å². The summed E-state index contributed by atoms with van der Waals surface area (Å²) in [6.07, 6.45) is 1.67. The Hall–Kier alpha value is -4.83. The van der Waals surface area contributed by atoms with E-state index in [-0.39, 0.29) is 41.4 Å². The third-order valence-corrected chi connectivity index (χ3v) is 7.60. The maximum absolute atomic E-state index is 13.8. The van der Waals surface area contributed by atoms with E-state index in [4.69, 9.17) is 18.3 Å². The Morgan fingerprint density at radius 3 is 2.76 bits per heavy atom. The molecule has 0 fully saturated rings. The predicted molar refractivity (Wildman–Crippen MR) is 150 cm³/mol. The Morgan fingerprint density at radius 2 is 1.95 bits per heavy atom. The number of nitrogens with one attached hydrogen (secondary N) is 1. The molecule has 1 atom stereocenters. The average molecular weight is 557 g/mol. The smallest absolute Gasteiger partial charge is 0.227 e. The highest BCUT2D eigenvalue weighted by molar-refractivity contribution is 5.86. The lowest BCUT2D eigenvalue weighted by molar-refractivity contribution is -0.132. The van der Waals surface area contributed by atoms with Crippen molar-refractivity contribution in [3.63, 3.8) is 0 Å². The van der Waals surface area contributed by atoms with Gasteiger partial charge in [-0.05, 0) is 36.2 Å². The normalized spacial score (nSPS) is 13.9. The van der Waals surface area contributed by atoms with E-state index in [0.717, 1.165) is 22.7 Å². The van der Waals surface area contributed by atoms with E-state index in [1.54, 1.807) is 23.1 Å². The fourth-order valence-electron chi connectivity index (χ4n) is 5.55. The number of ether oxygens (including phenoxy) is 2. The number of methoxy groups -OCH3 is 2. The molecule has 0 radical (unpaired) electrons. The van der Waals surface area contributed by atoms with Crippen molar-refractivity contribution in [2.24, 2.45) is 0 Å². The first kappa shape index (κ1) is 26.4. The molecule has 1 amide bonds. The van der Waals surface area contributed by atoms with Gasteiger partial charge in [0.15, 0.2) is 11.2 Å². The van der Waals surface area contributed by atoms with Crippen LogP contribution in [0, 0.1) is 0 Å². The molecule has 1 aliphatic heterocycles. The molecule has 0 unspecified atom stereocenters. The first-order chi connectivity index (χ1) is 19.9. The van der Waals surface area contributed by atoms with Crippen LogP contribution in [0.15, 0.2) is 73.2 Å². The highest BCUT2D eigenvalue weighted by Gasteiger charge is 2.32. The van der Waals surface area contributed by atoms with Crippen molar-refractivity contribution in [2.45, 2.75) is 31.9 Å². The third kappa shape index (κ3) is 4.76. The van der Waals surface area contributed by atoms with Gasteiger partial charge in [-0.1, -0.05) is 18.2 Å². The van der Waals surface area contributed by atoms with Crippen LogP contribution >= 0.6 is 0 Å². The highest BCUT2D eigenvalue weighted by Crippen LogP contribution is 2.35. The Kier molecular flexibility index (Phi) is 6.84. The lowest BCUT2D eigenvalue weighted by Gasteiger charge is -2.28. The number of H-pyrrole nitrogens is 1. The van der Waals surface area contributed by atoms with Crippen LogP contribution in [0.25, 0.3) is 21.9 Å². The van der Waals surface area contributed by atoms with Crippen LogP contribution in [-0.2, 0) is 29.1 Å². The molecule has 0 bridgehead atoms. The molecule has 2 aromatic carbocycles. The standard InChI is InChI=1S/C31H28N2O8/c1-38-15-18-12-26(34)30(37)31(41-18)21(23-16-40-27-8-7-17(39-2)11-22(27)29(23)36)13-28(35)33-10-9-20-19-5-3-4-6-24(19)32-25(20)14-33/h3-8,11-12,16,21,32,37H,9-10,13-15H2,1-2H3/t21-/m1/s1. The summed E-state index contributed by atoms with van der Waals surface area (Å²) in [6, 6.07) is 14.0. The van der Waals surface area contributed by atoms with Gasteiger partial charge in [0.25, 0.3) is 0 Å². The fraction of sp³-hybridized carbons (Fsp3) is 0.258. The van der Waals surface area contributed by atoms with Gasteiger partial charge in [-0.15, -0.1) is 0 Å². The van der Waals surface area contributed by atoms with Gasteiger partial charge in [0.05, 0.1) is 31.2 Å². The van der Waals surface area contributed by atoms with Crippen molar-refractivity contribution in [1.29, 1.82) is 0 Å². The van der Waals surface area contributed by atoms with Gasteiger partial charge in [0.2, 0.25) is 17.1 Å². The summed E-state index contributed by atoms with van der Waals surface area (Å²) < 4.78 is 22.0. The lowest BCUT2D eigenvalue weighted by atomic mass is 9.91. The van der Waals surface area contributed by atoms with Crippen LogP contribution in [0.3, 0.4) is 0 Å². The van der Waals surface area contributed by atoms with Crippen LogP contribution in [0.2, 0.25) is 0 Å². The van der Waals surface area contributed by atoms with Crippen molar-refractivity contribution in [3.05, 3.63) is 104 Å².